The lowest BCUT2D eigenvalue weighted by molar-refractivity contribution is -0.123. The number of amides is 2. The zero-order valence-corrected chi connectivity index (χ0v) is 26.9. The van der Waals surface area contributed by atoms with Crippen LogP contribution in [0.15, 0.2) is 84.9 Å². The Morgan fingerprint density at radius 1 is 0.956 bits per heavy atom. The summed E-state index contributed by atoms with van der Waals surface area (Å²) in [6.07, 6.45) is 3.25. The highest BCUT2D eigenvalue weighted by Crippen LogP contribution is 2.36. The summed E-state index contributed by atoms with van der Waals surface area (Å²) in [6, 6.07) is 22.6. The van der Waals surface area contributed by atoms with Crippen molar-refractivity contribution < 1.29 is 23.5 Å². The predicted octanol–water partition coefficient (Wildman–Crippen LogP) is 7.19. The number of halogens is 1. The van der Waals surface area contributed by atoms with Crippen LogP contribution in [0.3, 0.4) is 0 Å². The summed E-state index contributed by atoms with van der Waals surface area (Å²) < 4.78 is 25.6. The molecule has 3 aromatic rings. The number of nitrogens with two attached hydrogens (primary N) is 1. The van der Waals surface area contributed by atoms with Gasteiger partial charge in [0.15, 0.2) is 0 Å². The van der Waals surface area contributed by atoms with E-state index in [0.29, 0.717) is 12.2 Å². The largest absolute Gasteiger partial charge is 0.492 e. The Hall–Kier alpha value is -4.92. The maximum absolute atomic E-state index is 14.1. The van der Waals surface area contributed by atoms with Crippen molar-refractivity contribution in [3.05, 3.63) is 107 Å². The number of carbonyl (C=O) groups excluding carboxylic acids is 2. The number of hydrogen-bond acceptors (Lipinski definition) is 6. The molecule has 238 valence electrons. The molecule has 0 unspecified atom stereocenters. The quantitative estimate of drug-likeness (QED) is 0.0971. The molecule has 0 heterocycles. The van der Waals surface area contributed by atoms with Gasteiger partial charge in [0.25, 0.3) is 0 Å². The van der Waals surface area contributed by atoms with Crippen LogP contribution < -0.4 is 10.5 Å². The molecule has 0 radical (unpaired) electrons. The van der Waals surface area contributed by atoms with Gasteiger partial charge in [-0.25, -0.2) is 4.79 Å². The SMILES string of the molecule is CC/C(=C(/c1ccc(OCCN(C/C=C/C(=O)N(C)C)C(=O)OC(C)(C)C)cc1)c1ccc(N)c(C(=N)F)c1)c1ccccc1. The van der Waals surface area contributed by atoms with Gasteiger partial charge >= 0.3 is 6.09 Å². The number of nitrogens with zero attached hydrogens (tertiary/aromatic N) is 2. The maximum atomic E-state index is 14.1. The first-order valence-electron chi connectivity index (χ1n) is 14.8. The fourth-order valence-corrected chi connectivity index (χ4v) is 4.59. The second-order valence-corrected chi connectivity index (χ2v) is 11.6. The molecule has 0 aliphatic rings. The fraction of sp³-hybridized carbons (Fsp3) is 0.306. The molecule has 45 heavy (non-hydrogen) atoms. The van der Waals surface area contributed by atoms with Crippen LogP contribution in [0.25, 0.3) is 11.1 Å². The zero-order chi connectivity index (χ0) is 33.1. The van der Waals surface area contributed by atoms with E-state index < -0.39 is 17.7 Å². The molecule has 0 aliphatic carbocycles. The lowest BCUT2D eigenvalue weighted by Gasteiger charge is -2.26. The van der Waals surface area contributed by atoms with Crippen LogP contribution in [0, 0.1) is 5.41 Å². The monoisotopic (exact) mass is 614 g/mol. The predicted molar refractivity (Wildman–Crippen MR) is 179 cm³/mol. The topological polar surface area (TPSA) is 109 Å². The summed E-state index contributed by atoms with van der Waals surface area (Å²) in [5, 5.41) is 7.57. The first-order valence-corrected chi connectivity index (χ1v) is 14.8. The first-order chi connectivity index (χ1) is 21.3. The van der Waals surface area contributed by atoms with Gasteiger partial charge in [0.1, 0.15) is 18.0 Å². The molecule has 2 amide bonds. The molecule has 0 aromatic heterocycles. The Bertz CT molecular complexity index is 1540. The molecule has 0 bridgehead atoms. The van der Waals surface area contributed by atoms with Gasteiger partial charge in [-0.15, -0.1) is 0 Å². The minimum atomic E-state index is -1.09. The van der Waals surface area contributed by atoms with Gasteiger partial charge in [-0.1, -0.05) is 61.5 Å². The lowest BCUT2D eigenvalue weighted by Crippen LogP contribution is -2.39. The van der Waals surface area contributed by atoms with Crippen LogP contribution >= 0.6 is 0 Å². The summed E-state index contributed by atoms with van der Waals surface area (Å²) in [5.74, 6) is -0.669. The average molecular weight is 615 g/mol. The van der Waals surface area contributed by atoms with Crippen molar-refractivity contribution in [3.63, 3.8) is 0 Å². The number of rotatable bonds is 12. The summed E-state index contributed by atoms with van der Waals surface area (Å²) in [7, 11) is 3.31. The molecular weight excluding hydrogens is 571 g/mol. The van der Waals surface area contributed by atoms with Gasteiger partial charge in [0, 0.05) is 32.4 Å². The molecule has 0 aliphatic heterocycles. The lowest BCUT2D eigenvalue weighted by atomic mass is 9.87. The van der Waals surface area contributed by atoms with Gasteiger partial charge in [-0.3, -0.25) is 10.2 Å². The second kappa shape index (κ2) is 15.7. The molecule has 3 rings (SSSR count). The molecule has 0 fully saturated rings. The average Bonchev–Trinajstić information content (AvgIpc) is 2.99. The van der Waals surface area contributed by atoms with Crippen LogP contribution in [-0.4, -0.2) is 67.2 Å². The number of allylic oxidation sites excluding steroid dienone is 1. The second-order valence-electron chi connectivity index (χ2n) is 11.6. The van der Waals surface area contributed by atoms with E-state index in [0.717, 1.165) is 27.8 Å². The third-order valence-electron chi connectivity index (χ3n) is 6.81. The van der Waals surface area contributed by atoms with Gasteiger partial charge < -0.3 is 25.0 Å². The van der Waals surface area contributed by atoms with E-state index in [1.54, 1.807) is 53.1 Å². The van der Waals surface area contributed by atoms with Gasteiger partial charge in [0.2, 0.25) is 11.9 Å². The molecule has 3 aromatic carbocycles. The minimum Gasteiger partial charge on any atom is -0.492 e. The van der Waals surface area contributed by atoms with Crippen molar-refractivity contribution in [2.45, 2.75) is 39.7 Å². The number of nitrogen functional groups attached to an aromatic ring is 1. The van der Waals surface area contributed by atoms with E-state index in [4.69, 9.17) is 20.6 Å². The van der Waals surface area contributed by atoms with E-state index in [1.807, 2.05) is 60.7 Å². The zero-order valence-electron chi connectivity index (χ0n) is 26.9. The summed E-state index contributed by atoms with van der Waals surface area (Å²) in [5.41, 5.74) is 10.2. The highest BCUT2D eigenvalue weighted by molar-refractivity contribution is 6.02. The number of likely N-dealkylation sites (N-methyl/N-ethyl adjacent to an activating group) is 1. The van der Waals surface area contributed by atoms with E-state index in [2.05, 4.69) is 6.92 Å². The molecular formula is C36H43FN4O4. The van der Waals surface area contributed by atoms with Crippen molar-refractivity contribution >= 4 is 34.8 Å². The van der Waals surface area contributed by atoms with Crippen molar-refractivity contribution in [2.24, 2.45) is 0 Å². The molecule has 3 N–H and O–H groups in total. The highest BCUT2D eigenvalue weighted by atomic mass is 19.1. The Morgan fingerprint density at radius 3 is 2.18 bits per heavy atom. The van der Waals surface area contributed by atoms with Crippen LogP contribution in [0.2, 0.25) is 0 Å². The third kappa shape index (κ3) is 10.1. The standard InChI is InChI=1S/C36H43FN4O4/c1-7-29(25-12-9-8-10-13-25)33(27-17-20-31(38)30(24-27)34(37)39)26-15-18-28(19-16-26)44-23-22-41(35(43)45-36(2,3)4)21-11-14-32(42)40(5)6/h8-20,24,39H,7,21-23,38H2,1-6H3/b14-11+,33-29+,39-34?. The van der Waals surface area contributed by atoms with Gasteiger partial charge in [-0.05, 0) is 79.3 Å². The number of ether oxygens (including phenoxy) is 2. The number of hydrogen-bond donors (Lipinski definition) is 2. The molecule has 9 heteroatoms. The summed E-state index contributed by atoms with van der Waals surface area (Å²) in [4.78, 5) is 27.7. The first kappa shape index (κ1) is 34.6. The number of carbonyl (C=O) groups is 2. The highest BCUT2D eigenvalue weighted by Gasteiger charge is 2.22. The maximum Gasteiger partial charge on any atom is 0.410 e. The fourth-order valence-electron chi connectivity index (χ4n) is 4.59. The number of benzene rings is 3. The van der Waals surface area contributed by atoms with Crippen LogP contribution in [-0.2, 0) is 9.53 Å². The Balaban J connectivity index is 1.87. The van der Waals surface area contributed by atoms with Gasteiger partial charge in [-0.2, -0.15) is 4.39 Å². The Kier molecular flexibility index (Phi) is 12.1. The molecule has 0 spiro atoms. The summed E-state index contributed by atoms with van der Waals surface area (Å²) >= 11 is 0. The van der Waals surface area contributed by atoms with Gasteiger partial charge in [0.05, 0.1) is 12.1 Å². The molecule has 0 saturated heterocycles. The van der Waals surface area contributed by atoms with Crippen molar-refractivity contribution in [1.82, 2.24) is 9.80 Å². The smallest absolute Gasteiger partial charge is 0.410 e. The molecule has 8 nitrogen and oxygen atoms in total. The minimum absolute atomic E-state index is 0.0453. The Morgan fingerprint density at radius 2 is 1.60 bits per heavy atom. The van der Waals surface area contributed by atoms with E-state index in [1.165, 1.54) is 15.9 Å². The van der Waals surface area contributed by atoms with Crippen molar-refractivity contribution in [2.75, 3.05) is 39.5 Å². The normalized spacial score (nSPS) is 12.0. The van der Waals surface area contributed by atoms with Crippen LogP contribution in [0.5, 0.6) is 5.75 Å². The van der Waals surface area contributed by atoms with E-state index >= 15 is 0 Å². The Labute approximate surface area is 265 Å². The van der Waals surface area contributed by atoms with Crippen molar-refractivity contribution in [1.29, 1.82) is 5.41 Å². The molecule has 0 atom stereocenters. The third-order valence-corrected chi connectivity index (χ3v) is 6.81. The molecule has 0 saturated carbocycles. The van der Waals surface area contributed by atoms with Crippen LogP contribution in [0.1, 0.15) is 56.4 Å². The van der Waals surface area contributed by atoms with Crippen molar-refractivity contribution in [3.8, 4) is 5.75 Å². The number of anilines is 1. The summed E-state index contributed by atoms with van der Waals surface area (Å²) in [6.45, 7) is 8.07. The van der Waals surface area contributed by atoms with Crippen LogP contribution in [0.4, 0.5) is 14.9 Å². The van der Waals surface area contributed by atoms with E-state index in [9.17, 15) is 14.0 Å². The number of nitrogens with one attached hydrogen (secondary N) is 1. The van der Waals surface area contributed by atoms with E-state index in [-0.39, 0.29) is 36.9 Å².